The Morgan fingerprint density at radius 3 is 2.76 bits per heavy atom. The summed E-state index contributed by atoms with van der Waals surface area (Å²) in [5, 5.41) is 19.6. The number of aliphatic hydroxyl groups excluding tert-OH is 1. The molecule has 3 heterocycles. The van der Waals surface area contributed by atoms with Crippen molar-refractivity contribution in [3.05, 3.63) is 11.8 Å². The van der Waals surface area contributed by atoms with Gasteiger partial charge in [-0.15, -0.1) is 0 Å². The monoisotopic (exact) mass is 349 g/mol. The number of piperazine rings is 1. The first kappa shape index (κ1) is 16.8. The Morgan fingerprint density at radius 2 is 2.12 bits per heavy atom. The number of hydrogen-bond donors (Lipinski definition) is 2. The maximum atomic E-state index is 12.7. The average molecular weight is 349 g/mol. The standard InChI is InChI=1S/C18H27N3O4/c1-12-16(23)21-13(2-3-14(21)10-20(12)17(24)25)4-8-19-9-7-18(5-6-18)15(22)11-19/h3,12-13,15,22H,2,4-11H2,1H3,(H,24,25)/t12-,13+,15?/m0/s1. The minimum absolute atomic E-state index is 0.113. The van der Waals surface area contributed by atoms with Crippen LogP contribution in [-0.4, -0.2) is 81.3 Å². The van der Waals surface area contributed by atoms with E-state index in [1.54, 1.807) is 6.92 Å². The molecule has 2 N–H and O–H groups in total. The van der Waals surface area contributed by atoms with Crippen LogP contribution in [0.15, 0.2) is 11.8 Å². The van der Waals surface area contributed by atoms with Crippen LogP contribution in [0.2, 0.25) is 0 Å². The number of hydrogen-bond acceptors (Lipinski definition) is 4. The van der Waals surface area contributed by atoms with E-state index in [9.17, 15) is 19.8 Å². The number of piperidine rings is 1. The van der Waals surface area contributed by atoms with Gasteiger partial charge in [0.05, 0.1) is 12.6 Å². The van der Waals surface area contributed by atoms with Crippen molar-refractivity contribution in [1.82, 2.24) is 14.7 Å². The number of rotatable bonds is 3. The SMILES string of the molecule is C[C@H]1C(=O)N2C(=CC[C@@H]2CCN2CCC3(CC3)C(O)C2)CN1C(=O)O. The first-order valence-corrected chi connectivity index (χ1v) is 9.33. The van der Waals surface area contributed by atoms with E-state index in [1.165, 1.54) is 4.90 Å². The van der Waals surface area contributed by atoms with Crippen LogP contribution in [0.4, 0.5) is 4.79 Å². The molecule has 1 saturated carbocycles. The summed E-state index contributed by atoms with van der Waals surface area (Å²) in [7, 11) is 0. The van der Waals surface area contributed by atoms with E-state index >= 15 is 0 Å². The van der Waals surface area contributed by atoms with Gasteiger partial charge in [-0.25, -0.2) is 4.79 Å². The first-order valence-electron chi connectivity index (χ1n) is 9.33. The summed E-state index contributed by atoms with van der Waals surface area (Å²) in [6, 6.07) is -0.503. The lowest BCUT2D eigenvalue weighted by molar-refractivity contribution is -0.138. The lowest BCUT2D eigenvalue weighted by Gasteiger charge is -2.41. The van der Waals surface area contributed by atoms with Crippen LogP contribution in [0.3, 0.4) is 0 Å². The Balaban J connectivity index is 1.34. The predicted molar refractivity (Wildman–Crippen MR) is 90.9 cm³/mol. The molecule has 0 aromatic heterocycles. The molecule has 7 nitrogen and oxygen atoms in total. The molecule has 4 aliphatic rings. The maximum absolute atomic E-state index is 12.7. The van der Waals surface area contributed by atoms with Crippen molar-refractivity contribution >= 4 is 12.0 Å². The van der Waals surface area contributed by atoms with Crippen molar-refractivity contribution in [1.29, 1.82) is 0 Å². The largest absolute Gasteiger partial charge is 0.465 e. The molecule has 3 aliphatic heterocycles. The summed E-state index contributed by atoms with van der Waals surface area (Å²) in [4.78, 5) is 29.3. The fourth-order valence-electron chi connectivity index (χ4n) is 4.65. The Labute approximate surface area is 147 Å². The van der Waals surface area contributed by atoms with E-state index in [2.05, 4.69) is 4.90 Å². The minimum atomic E-state index is -1.04. The van der Waals surface area contributed by atoms with Crippen molar-refractivity contribution in [3.63, 3.8) is 0 Å². The number of aliphatic hydroxyl groups is 1. The van der Waals surface area contributed by atoms with E-state index in [1.807, 2.05) is 11.0 Å². The molecule has 0 radical (unpaired) electrons. The molecular weight excluding hydrogens is 322 g/mol. The van der Waals surface area contributed by atoms with E-state index in [0.717, 1.165) is 57.4 Å². The highest BCUT2D eigenvalue weighted by Gasteiger charge is 2.51. The number of fused-ring (bicyclic) bond motifs is 1. The smallest absolute Gasteiger partial charge is 0.408 e. The number of β-amino-alcohol motifs (C(OH)–C–C–N with tert-alkyl or cyclic N) is 1. The van der Waals surface area contributed by atoms with Gasteiger partial charge in [0.25, 0.3) is 0 Å². The lowest BCUT2D eigenvalue weighted by Crippen LogP contribution is -2.57. The van der Waals surface area contributed by atoms with Crippen LogP contribution >= 0.6 is 0 Å². The van der Waals surface area contributed by atoms with Crippen LogP contribution in [0.25, 0.3) is 0 Å². The maximum Gasteiger partial charge on any atom is 0.408 e. The van der Waals surface area contributed by atoms with E-state index in [0.29, 0.717) is 6.54 Å². The quantitative estimate of drug-likeness (QED) is 0.797. The number of carboxylic acid groups (broad SMARTS) is 1. The molecule has 7 heteroatoms. The highest BCUT2D eigenvalue weighted by molar-refractivity contribution is 5.88. The van der Waals surface area contributed by atoms with Gasteiger partial charge in [-0.3, -0.25) is 9.69 Å². The molecule has 0 aromatic carbocycles. The number of nitrogens with zero attached hydrogens (tertiary/aromatic N) is 3. The fraction of sp³-hybridized carbons (Fsp3) is 0.778. The van der Waals surface area contributed by atoms with Gasteiger partial charge < -0.3 is 20.0 Å². The van der Waals surface area contributed by atoms with E-state index < -0.39 is 12.1 Å². The second-order valence-electron chi connectivity index (χ2n) is 8.10. The summed E-state index contributed by atoms with van der Waals surface area (Å²) in [6.45, 7) is 4.60. The molecule has 0 bridgehead atoms. The van der Waals surface area contributed by atoms with Crippen molar-refractivity contribution in [3.8, 4) is 0 Å². The van der Waals surface area contributed by atoms with Crippen molar-refractivity contribution in [2.24, 2.45) is 5.41 Å². The van der Waals surface area contributed by atoms with Gasteiger partial charge in [0.1, 0.15) is 6.04 Å². The highest BCUT2D eigenvalue weighted by Crippen LogP contribution is 2.53. The normalized spacial score (nSPS) is 34.2. The summed E-state index contributed by atoms with van der Waals surface area (Å²) >= 11 is 0. The van der Waals surface area contributed by atoms with Crippen LogP contribution in [0.5, 0.6) is 0 Å². The summed E-state index contributed by atoms with van der Waals surface area (Å²) in [6.07, 6.45) is 5.83. The van der Waals surface area contributed by atoms with Gasteiger partial charge in [-0.1, -0.05) is 6.08 Å². The molecule has 2 saturated heterocycles. The molecule has 1 unspecified atom stereocenters. The van der Waals surface area contributed by atoms with Crippen LogP contribution in [0.1, 0.15) is 39.0 Å². The zero-order valence-electron chi connectivity index (χ0n) is 14.7. The summed E-state index contributed by atoms with van der Waals surface area (Å²) in [5.41, 5.74) is 1.04. The van der Waals surface area contributed by atoms with Gasteiger partial charge in [-0.05, 0) is 51.0 Å². The Kier molecular flexibility index (Phi) is 4.03. The Morgan fingerprint density at radius 1 is 1.36 bits per heavy atom. The molecule has 4 rings (SSSR count). The molecule has 1 aliphatic carbocycles. The molecular formula is C18H27N3O4. The molecule has 138 valence electrons. The second kappa shape index (κ2) is 5.99. The summed E-state index contributed by atoms with van der Waals surface area (Å²) in [5.74, 6) is -0.113. The number of carbonyl (C=O) groups excluding carboxylic acids is 1. The summed E-state index contributed by atoms with van der Waals surface area (Å²) < 4.78 is 0. The number of likely N-dealkylation sites (tertiary alicyclic amines) is 1. The van der Waals surface area contributed by atoms with E-state index in [4.69, 9.17) is 0 Å². The lowest BCUT2D eigenvalue weighted by atomic mass is 9.90. The van der Waals surface area contributed by atoms with Crippen molar-refractivity contribution < 1.29 is 19.8 Å². The zero-order valence-corrected chi connectivity index (χ0v) is 14.7. The molecule has 2 amide bonds. The van der Waals surface area contributed by atoms with Gasteiger partial charge in [0.15, 0.2) is 0 Å². The zero-order chi connectivity index (χ0) is 17.8. The number of amides is 2. The van der Waals surface area contributed by atoms with Crippen molar-refractivity contribution in [2.45, 2.75) is 57.2 Å². The molecule has 0 aromatic rings. The topological polar surface area (TPSA) is 84.3 Å². The third-order valence-electron chi connectivity index (χ3n) is 6.68. The van der Waals surface area contributed by atoms with Gasteiger partial charge in [-0.2, -0.15) is 0 Å². The fourth-order valence-corrected chi connectivity index (χ4v) is 4.65. The Bertz CT molecular complexity index is 615. The van der Waals surface area contributed by atoms with Gasteiger partial charge >= 0.3 is 6.09 Å². The van der Waals surface area contributed by atoms with Gasteiger partial charge in [0.2, 0.25) is 5.91 Å². The van der Waals surface area contributed by atoms with Crippen LogP contribution < -0.4 is 0 Å². The highest BCUT2D eigenvalue weighted by atomic mass is 16.4. The first-order chi connectivity index (χ1) is 11.9. The van der Waals surface area contributed by atoms with Crippen LogP contribution in [0, 0.1) is 5.41 Å². The molecule has 3 fully saturated rings. The molecule has 3 atom stereocenters. The predicted octanol–water partition coefficient (Wildman–Crippen LogP) is 1.09. The Hall–Kier alpha value is -1.60. The van der Waals surface area contributed by atoms with Gasteiger partial charge in [0, 0.05) is 24.8 Å². The van der Waals surface area contributed by atoms with Crippen molar-refractivity contribution in [2.75, 3.05) is 26.2 Å². The van der Waals surface area contributed by atoms with Crippen LogP contribution in [-0.2, 0) is 4.79 Å². The average Bonchev–Trinajstić information content (AvgIpc) is 3.24. The molecule has 25 heavy (non-hydrogen) atoms. The number of carbonyl (C=O) groups is 2. The second-order valence-corrected chi connectivity index (χ2v) is 8.10. The minimum Gasteiger partial charge on any atom is -0.465 e. The van der Waals surface area contributed by atoms with E-state index in [-0.39, 0.29) is 23.5 Å². The molecule has 1 spiro atoms. The third kappa shape index (κ3) is 2.83. The third-order valence-corrected chi connectivity index (χ3v) is 6.68.